The number of phenolic OH excluding ortho intramolecular Hbond substituents is 1. The predicted octanol–water partition coefficient (Wildman–Crippen LogP) is 3.04. The van der Waals surface area contributed by atoms with Gasteiger partial charge >= 0.3 is 0 Å². The van der Waals surface area contributed by atoms with Crippen LogP contribution in [0.15, 0.2) is 30.3 Å². The third-order valence-corrected chi connectivity index (χ3v) is 3.90. The molecule has 2 aromatic rings. The van der Waals surface area contributed by atoms with E-state index < -0.39 is 0 Å². The molecule has 1 N–H and O–H groups in total. The zero-order valence-corrected chi connectivity index (χ0v) is 14.6. The molecule has 7 heteroatoms. The molecule has 0 bridgehead atoms. The summed E-state index contributed by atoms with van der Waals surface area (Å²) in [6.07, 6.45) is 2.90. The van der Waals surface area contributed by atoms with Gasteiger partial charge in [0.25, 0.3) is 0 Å². The number of ketones is 1. The second-order valence-electron chi connectivity index (χ2n) is 5.35. The Hall–Kier alpha value is -3.35. The van der Waals surface area contributed by atoms with E-state index in [9.17, 15) is 9.90 Å². The van der Waals surface area contributed by atoms with Crippen LogP contribution in [0, 0.1) is 0 Å². The van der Waals surface area contributed by atoms with Crippen LogP contribution in [0.5, 0.6) is 34.5 Å². The lowest BCUT2D eigenvalue weighted by molar-refractivity contribution is 0.104. The molecular weight excluding hydrogens is 340 g/mol. The van der Waals surface area contributed by atoms with Crippen molar-refractivity contribution in [3.8, 4) is 34.5 Å². The van der Waals surface area contributed by atoms with Gasteiger partial charge in [0.15, 0.2) is 17.3 Å². The summed E-state index contributed by atoms with van der Waals surface area (Å²) in [5.41, 5.74) is 0.740. The monoisotopic (exact) mass is 358 g/mol. The largest absolute Gasteiger partial charge is 0.507 e. The minimum atomic E-state index is -0.371. The highest BCUT2D eigenvalue weighted by atomic mass is 16.7. The van der Waals surface area contributed by atoms with E-state index in [4.69, 9.17) is 23.7 Å². The normalized spacial score (nSPS) is 12.3. The molecule has 0 radical (unpaired) electrons. The highest BCUT2D eigenvalue weighted by Gasteiger charge is 2.26. The first-order valence-electron chi connectivity index (χ1n) is 7.73. The van der Waals surface area contributed by atoms with Crippen LogP contribution >= 0.6 is 0 Å². The van der Waals surface area contributed by atoms with Crippen molar-refractivity contribution >= 4 is 11.9 Å². The van der Waals surface area contributed by atoms with Crippen LogP contribution in [-0.2, 0) is 0 Å². The molecule has 0 saturated heterocycles. The Labute approximate surface area is 150 Å². The highest BCUT2D eigenvalue weighted by molar-refractivity contribution is 6.08. The Bertz CT molecular complexity index is 871. The lowest BCUT2D eigenvalue weighted by Crippen LogP contribution is -1.97. The molecule has 7 nitrogen and oxygen atoms in total. The Morgan fingerprint density at radius 2 is 1.85 bits per heavy atom. The number of allylic oxidation sites excluding steroid dienone is 1. The fourth-order valence-corrected chi connectivity index (χ4v) is 2.62. The molecule has 0 aromatic heterocycles. The summed E-state index contributed by atoms with van der Waals surface area (Å²) in [4.78, 5) is 12.4. The maximum atomic E-state index is 12.4. The summed E-state index contributed by atoms with van der Waals surface area (Å²) < 4.78 is 26.5. The van der Waals surface area contributed by atoms with E-state index in [1.807, 2.05) is 0 Å². The number of ether oxygens (including phenoxy) is 5. The van der Waals surface area contributed by atoms with Crippen molar-refractivity contribution in [2.24, 2.45) is 0 Å². The average molecular weight is 358 g/mol. The molecule has 1 heterocycles. The summed E-state index contributed by atoms with van der Waals surface area (Å²) in [6.45, 7) is 0.0634. The van der Waals surface area contributed by atoms with Gasteiger partial charge in [0, 0.05) is 11.6 Å². The summed E-state index contributed by atoms with van der Waals surface area (Å²) in [5.74, 6) is 1.72. The van der Waals surface area contributed by atoms with Crippen molar-refractivity contribution in [2.45, 2.75) is 0 Å². The minimum absolute atomic E-state index is 0.0634. The predicted molar refractivity (Wildman–Crippen MR) is 93.7 cm³/mol. The van der Waals surface area contributed by atoms with Crippen molar-refractivity contribution < 1.29 is 33.6 Å². The number of methoxy groups -OCH3 is 3. The van der Waals surface area contributed by atoms with E-state index in [0.717, 1.165) is 0 Å². The lowest BCUT2D eigenvalue weighted by Gasteiger charge is -2.11. The van der Waals surface area contributed by atoms with Crippen LogP contribution in [0.25, 0.3) is 6.08 Å². The molecule has 2 aromatic carbocycles. The maximum Gasteiger partial charge on any atom is 0.231 e. The number of carbonyl (C=O) groups excluding carboxylic acids is 1. The van der Waals surface area contributed by atoms with E-state index >= 15 is 0 Å². The topological polar surface area (TPSA) is 83.5 Å². The summed E-state index contributed by atoms with van der Waals surface area (Å²) >= 11 is 0. The van der Waals surface area contributed by atoms with Crippen molar-refractivity contribution in [1.82, 2.24) is 0 Å². The number of fused-ring (bicyclic) bond motifs is 1. The minimum Gasteiger partial charge on any atom is -0.507 e. The van der Waals surface area contributed by atoms with Crippen LogP contribution in [-0.4, -0.2) is 39.0 Å². The van der Waals surface area contributed by atoms with E-state index in [-0.39, 0.29) is 23.9 Å². The summed E-state index contributed by atoms with van der Waals surface area (Å²) in [6, 6.07) is 6.17. The van der Waals surface area contributed by atoms with Gasteiger partial charge in [0.1, 0.15) is 11.5 Å². The standard InChI is InChI=1S/C19H18O7/c1-22-12-5-6-13(15(21)9-12)14(20)7-4-11-8-16(23-2)18-19(17(11)24-3)26-10-25-18/h4-9,21H,10H2,1-3H3/b7-4+. The first-order chi connectivity index (χ1) is 12.6. The number of hydrogen-bond acceptors (Lipinski definition) is 7. The van der Waals surface area contributed by atoms with Gasteiger partial charge in [0.05, 0.1) is 26.9 Å². The van der Waals surface area contributed by atoms with E-state index in [1.54, 1.807) is 18.2 Å². The van der Waals surface area contributed by atoms with Gasteiger partial charge in [-0.15, -0.1) is 0 Å². The molecular formula is C19H18O7. The number of hydrogen-bond donors (Lipinski definition) is 1. The third-order valence-electron chi connectivity index (χ3n) is 3.90. The fourth-order valence-electron chi connectivity index (χ4n) is 2.62. The molecule has 0 amide bonds. The molecule has 0 aliphatic carbocycles. The first kappa shape index (κ1) is 17.5. The number of carbonyl (C=O) groups is 1. The van der Waals surface area contributed by atoms with Crippen molar-refractivity contribution in [1.29, 1.82) is 0 Å². The molecule has 3 rings (SSSR count). The number of phenols is 1. The molecule has 0 saturated carbocycles. The molecule has 1 aliphatic rings. The van der Waals surface area contributed by atoms with Gasteiger partial charge in [-0.3, -0.25) is 4.79 Å². The summed E-state index contributed by atoms with van der Waals surface area (Å²) in [5, 5.41) is 9.98. The van der Waals surface area contributed by atoms with Gasteiger partial charge in [-0.25, -0.2) is 0 Å². The molecule has 136 valence electrons. The quantitative estimate of drug-likeness (QED) is 0.628. The molecule has 1 aliphatic heterocycles. The zero-order valence-electron chi connectivity index (χ0n) is 14.6. The van der Waals surface area contributed by atoms with E-state index in [1.165, 1.54) is 39.5 Å². The van der Waals surface area contributed by atoms with Crippen molar-refractivity contribution in [3.63, 3.8) is 0 Å². The third kappa shape index (κ3) is 3.11. The zero-order chi connectivity index (χ0) is 18.7. The van der Waals surface area contributed by atoms with Gasteiger partial charge < -0.3 is 28.8 Å². The number of benzene rings is 2. The Balaban J connectivity index is 1.94. The maximum absolute atomic E-state index is 12.4. The SMILES string of the molecule is COc1ccc(C(=O)/C=C/c2cc(OC)c3c(c2OC)OCO3)c(O)c1. The van der Waals surface area contributed by atoms with E-state index in [0.29, 0.717) is 34.3 Å². The van der Waals surface area contributed by atoms with Gasteiger partial charge in [-0.1, -0.05) is 0 Å². The molecule has 0 unspecified atom stereocenters. The van der Waals surface area contributed by atoms with Crippen LogP contribution in [0.1, 0.15) is 15.9 Å². The molecule has 0 atom stereocenters. The Morgan fingerprint density at radius 1 is 1.08 bits per heavy atom. The smallest absolute Gasteiger partial charge is 0.231 e. The van der Waals surface area contributed by atoms with Crippen LogP contribution in [0.3, 0.4) is 0 Å². The van der Waals surface area contributed by atoms with Crippen LogP contribution in [0.4, 0.5) is 0 Å². The van der Waals surface area contributed by atoms with Gasteiger partial charge in [-0.05, 0) is 30.4 Å². The number of aromatic hydroxyl groups is 1. The van der Waals surface area contributed by atoms with Crippen LogP contribution in [0.2, 0.25) is 0 Å². The summed E-state index contributed by atoms with van der Waals surface area (Å²) in [7, 11) is 4.49. The van der Waals surface area contributed by atoms with Gasteiger partial charge in [-0.2, -0.15) is 0 Å². The average Bonchev–Trinajstić information content (AvgIpc) is 3.14. The highest BCUT2D eigenvalue weighted by Crippen LogP contribution is 2.49. The molecule has 26 heavy (non-hydrogen) atoms. The van der Waals surface area contributed by atoms with Gasteiger partial charge in [0.2, 0.25) is 18.3 Å². The molecule has 0 spiro atoms. The lowest BCUT2D eigenvalue weighted by atomic mass is 10.1. The van der Waals surface area contributed by atoms with E-state index in [2.05, 4.69) is 0 Å². The Kier molecular flexibility index (Phi) is 4.88. The van der Waals surface area contributed by atoms with Crippen LogP contribution < -0.4 is 23.7 Å². The Morgan fingerprint density at radius 3 is 2.50 bits per heavy atom. The second kappa shape index (κ2) is 7.26. The first-order valence-corrected chi connectivity index (χ1v) is 7.73. The molecule has 0 fully saturated rings. The van der Waals surface area contributed by atoms with Crippen molar-refractivity contribution in [3.05, 3.63) is 41.5 Å². The second-order valence-corrected chi connectivity index (χ2v) is 5.35. The fraction of sp³-hybridized carbons (Fsp3) is 0.211. The van der Waals surface area contributed by atoms with Crippen molar-refractivity contribution in [2.75, 3.05) is 28.1 Å². The number of rotatable bonds is 6.